The molecule has 108 valence electrons. The maximum atomic E-state index is 5.81. The third-order valence-electron chi connectivity index (χ3n) is 6.93. The van der Waals surface area contributed by atoms with Crippen molar-refractivity contribution >= 4 is 0 Å². The quantitative estimate of drug-likeness (QED) is 0.847. The van der Waals surface area contributed by atoms with Crippen molar-refractivity contribution in [3.05, 3.63) is 0 Å². The highest BCUT2D eigenvalue weighted by Crippen LogP contribution is 2.56. The smallest absolute Gasteiger partial charge is 0.00150 e. The van der Waals surface area contributed by atoms with E-state index >= 15 is 0 Å². The Kier molecular flexibility index (Phi) is 3.35. The SMILES string of the molecule is NCC1CCN(CC2C3CC4CC(C3)CC2C4)CC1. The van der Waals surface area contributed by atoms with Crippen LogP contribution in [-0.4, -0.2) is 31.1 Å². The average molecular weight is 262 g/mol. The minimum Gasteiger partial charge on any atom is -0.330 e. The summed E-state index contributed by atoms with van der Waals surface area (Å²) in [5.41, 5.74) is 5.81. The van der Waals surface area contributed by atoms with Gasteiger partial charge in [-0.2, -0.15) is 0 Å². The molecule has 0 aromatic rings. The van der Waals surface area contributed by atoms with E-state index in [1.807, 2.05) is 0 Å². The van der Waals surface area contributed by atoms with Gasteiger partial charge in [0.2, 0.25) is 0 Å². The number of nitrogens with zero attached hydrogens (tertiary/aromatic N) is 1. The van der Waals surface area contributed by atoms with Gasteiger partial charge in [0, 0.05) is 6.54 Å². The van der Waals surface area contributed by atoms with Crippen LogP contribution in [0, 0.1) is 35.5 Å². The zero-order valence-electron chi connectivity index (χ0n) is 12.3. The monoisotopic (exact) mass is 262 g/mol. The lowest BCUT2D eigenvalue weighted by Gasteiger charge is -2.55. The van der Waals surface area contributed by atoms with Gasteiger partial charge in [-0.15, -0.1) is 0 Å². The molecular weight excluding hydrogens is 232 g/mol. The van der Waals surface area contributed by atoms with Gasteiger partial charge in [0.05, 0.1) is 0 Å². The predicted octanol–water partition coefficient (Wildman–Crippen LogP) is 2.73. The highest BCUT2D eigenvalue weighted by Gasteiger charge is 2.48. The van der Waals surface area contributed by atoms with E-state index in [0.29, 0.717) is 0 Å². The van der Waals surface area contributed by atoms with Crippen LogP contribution >= 0.6 is 0 Å². The molecular formula is C17H30N2. The highest BCUT2D eigenvalue weighted by atomic mass is 15.1. The van der Waals surface area contributed by atoms with E-state index < -0.39 is 0 Å². The van der Waals surface area contributed by atoms with Gasteiger partial charge in [0.1, 0.15) is 0 Å². The van der Waals surface area contributed by atoms with Crippen molar-refractivity contribution in [2.24, 2.45) is 41.2 Å². The minimum atomic E-state index is 0.815. The molecule has 5 rings (SSSR count). The normalized spacial score (nSPS) is 46.9. The molecule has 5 aliphatic rings. The van der Waals surface area contributed by atoms with Crippen molar-refractivity contribution in [3.63, 3.8) is 0 Å². The third-order valence-corrected chi connectivity index (χ3v) is 6.93. The van der Waals surface area contributed by atoms with Crippen LogP contribution in [0.2, 0.25) is 0 Å². The molecule has 0 spiro atoms. The molecule has 1 aliphatic heterocycles. The van der Waals surface area contributed by atoms with Crippen LogP contribution in [0.25, 0.3) is 0 Å². The number of piperidine rings is 1. The first-order chi connectivity index (χ1) is 9.31. The first-order valence-electron chi connectivity index (χ1n) is 8.74. The Balaban J connectivity index is 1.36. The molecule has 0 radical (unpaired) electrons. The Hall–Kier alpha value is -0.0800. The zero-order valence-corrected chi connectivity index (χ0v) is 12.3. The van der Waals surface area contributed by atoms with Crippen molar-refractivity contribution in [2.45, 2.75) is 44.9 Å². The topological polar surface area (TPSA) is 29.3 Å². The van der Waals surface area contributed by atoms with Crippen molar-refractivity contribution in [3.8, 4) is 0 Å². The molecule has 0 atom stereocenters. The van der Waals surface area contributed by atoms with Crippen LogP contribution in [0.5, 0.6) is 0 Å². The molecule has 4 aliphatic carbocycles. The number of rotatable bonds is 3. The standard InChI is InChI=1S/C17H30N2/c18-10-12-1-3-19(4-2-12)11-17-15-6-13-5-14(8-15)9-16(17)7-13/h12-17H,1-11,18H2. The Morgan fingerprint density at radius 2 is 1.42 bits per heavy atom. The second kappa shape index (κ2) is 5.04. The maximum absolute atomic E-state index is 5.81. The number of likely N-dealkylation sites (tertiary alicyclic amines) is 1. The van der Waals surface area contributed by atoms with E-state index in [4.69, 9.17) is 5.73 Å². The van der Waals surface area contributed by atoms with Crippen LogP contribution in [0.3, 0.4) is 0 Å². The lowest BCUT2D eigenvalue weighted by atomic mass is 9.52. The molecule has 1 saturated heterocycles. The first-order valence-corrected chi connectivity index (χ1v) is 8.74. The Labute approximate surface area is 118 Å². The Bertz CT molecular complexity index is 291. The van der Waals surface area contributed by atoms with Crippen molar-refractivity contribution in [2.75, 3.05) is 26.2 Å². The number of hydrogen-bond donors (Lipinski definition) is 1. The third kappa shape index (κ3) is 2.35. The summed E-state index contributed by atoms with van der Waals surface area (Å²) in [5, 5.41) is 0. The van der Waals surface area contributed by atoms with E-state index in [1.54, 1.807) is 32.1 Å². The lowest BCUT2D eigenvalue weighted by Crippen LogP contribution is -2.50. The molecule has 2 nitrogen and oxygen atoms in total. The summed E-state index contributed by atoms with van der Waals surface area (Å²) in [6.07, 6.45) is 10.6. The van der Waals surface area contributed by atoms with Gasteiger partial charge in [0.15, 0.2) is 0 Å². The van der Waals surface area contributed by atoms with Gasteiger partial charge in [-0.25, -0.2) is 0 Å². The van der Waals surface area contributed by atoms with Crippen molar-refractivity contribution < 1.29 is 0 Å². The molecule has 4 saturated carbocycles. The summed E-state index contributed by atoms with van der Waals surface area (Å²) < 4.78 is 0. The van der Waals surface area contributed by atoms with Crippen LogP contribution in [0.1, 0.15) is 44.9 Å². The second-order valence-electron chi connectivity index (χ2n) is 8.07. The summed E-state index contributed by atoms with van der Waals surface area (Å²) in [6, 6.07) is 0. The Morgan fingerprint density at radius 1 is 0.842 bits per heavy atom. The van der Waals surface area contributed by atoms with Crippen LogP contribution in [0.15, 0.2) is 0 Å². The van der Waals surface area contributed by atoms with E-state index in [0.717, 1.165) is 42.1 Å². The summed E-state index contributed by atoms with van der Waals surface area (Å²) in [7, 11) is 0. The van der Waals surface area contributed by atoms with Gasteiger partial charge < -0.3 is 10.6 Å². The van der Waals surface area contributed by atoms with E-state index in [-0.39, 0.29) is 0 Å². The van der Waals surface area contributed by atoms with Gasteiger partial charge in [-0.1, -0.05) is 0 Å². The molecule has 2 N–H and O–H groups in total. The predicted molar refractivity (Wildman–Crippen MR) is 78.8 cm³/mol. The minimum absolute atomic E-state index is 0.815. The highest BCUT2D eigenvalue weighted by molar-refractivity contribution is 4.99. The van der Waals surface area contributed by atoms with Gasteiger partial charge in [0.25, 0.3) is 0 Å². The molecule has 4 bridgehead atoms. The van der Waals surface area contributed by atoms with Gasteiger partial charge >= 0.3 is 0 Å². The van der Waals surface area contributed by atoms with Gasteiger partial charge in [-0.3, -0.25) is 0 Å². The molecule has 1 heterocycles. The molecule has 5 fully saturated rings. The Morgan fingerprint density at radius 3 is 1.95 bits per heavy atom. The average Bonchev–Trinajstić information content (AvgIpc) is 2.43. The molecule has 0 unspecified atom stereocenters. The van der Waals surface area contributed by atoms with Crippen LogP contribution < -0.4 is 5.73 Å². The fraction of sp³-hybridized carbons (Fsp3) is 1.00. The first kappa shape index (κ1) is 12.6. The van der Waals surface area contributed by atoms with Crippen LogP contribution in [-0.2, 0) is 0 Å². The van der Waals surface area contributed by atoms with Crippen molar-refractivity contribution in [1.82, 2.24) is 4.90 Å². The fourth-order valence-electron chi connectivity index (χ4n) is 6.04. The molecule has 0 amide bonds. The summed E-state index contributed by atoms with van der Waals surface area (Å²) in [6.45, 7) is 4.98. The molecule has 0 aromatic heterocycles. The molecule has 2 heteroatoms. The summed E-state index contributed by atoms with van der Waals surface area (Å²) in [4.78, 5) is 2.78. The van der Waals surface area contributed by atoms with Gasteiger partial charge in [-0.05, 0) is 100 Å². The fourth-order valence-corrected chi connectivity index (χ4v) is 6.04. The number of hydrogen-bond acceptors (Lipinski definition) is 2. The largest absolute Gasteiger partial charge is 0.330 e. The number of nitrogens with two attached hydrogens (primary N) is 1. The van der Waals surface area contributed by atoms with Crippen LogP contribution in [0.4, 0.5) is 0 Å². The lowest BCUT2D eigenvalue weighted by molar-refractivity contribution is -0.0517. The maximum Gasteiger partial charge on any atom is 0.00150 e. The van der Waals surface area contributed by atoms with E-state index in [9.17, 15) is 0 Å². The summed E-state index contributed by atoms with van der Waals surface area (Å²) in [5.74, 6) is 6.33. The summed E-state index contributed by atoms with van der Waals surface area (Å²) >= 11 is 0. The van der Waals surface area contributed by atoms with E-state index in [1.165, 1.54) is 32.5 Å². The van der Waals surface area contributed by atoms with E-state index in [2.05, 4.69) is 4.90 Å². The zero-order chi connectivity index (χ0) is 12.8. The second-order valence-corrected chi connectivity index (χ2v) is 8.07. The molecule has 19 heavy (non-hydrogen) atoms. The molecule has 0 aromatic carbocycles. The van der Waals surface area contributed by atoms with Crippen molar-refractivity contribution in [1.29, 1.82) is 0 Å².